The first-order chi connectivity index (χ1) is 10.4. The Kier molecular flexibility index (Phi) is 3.56. The number of hydrogen-bond acceptors (Lipinski definition) is 2. The first kappa shape index (κ1) is 14.8. The molecule has 0 aliphatic carbocycles. The number of hydrazine groups is 1. The molecule has 22 heavy (non-hydrogen) atoms. The van der Waals surface area contributed by atoms with Gasteiger partial charge in [0.2, 0.25) is 5.91 Å². The van der Waals surface area contributed by atoms with Gasteiger partial charge in [-0.15, -0.1) is 0 Å². The van der Waals surface area contributed by atoms with Crippen molar-refractivity contribution in [1.29, 1.82) is 0 Å². The van der Waals surface area contributed by atoms with Crippen molar-refractivity contribution in [2.75, 3.05) is 6.54 Å². The lowest BCUT2D eigenvalue weighted by molar-refractivity contribution is -0.190. The Bertz CT molecular complexity index is 727. The molecule has 3 nitrogen and oxygen atoms in total. The van der Waals surface area contributed by atoms with Gasteiger partial charge in [-0.25, -0.2) is 5.01 Å². The van der Waals surface area contributed by atoms with E-state index < -0.39 is 12.2 Å². The summed E-state index contributed by atoms with van der Waals surface area (Å²) in [4.78, 5) is 11.3. The molecule has 1 fully saturated rings. The molecule has 6 heteroatoms. The topological polar surface area (TPSA) is 32.3 Å². The van der Waals surface area contributed by atoms with Gasteiger partial charge < -0.3 is 0 Å². The highest BCUT2D eigenvalue weighted by Gasteiger charge is 2.47. The Morgan fingerprint density at radius 1 is 1.23 bits per heavy atom. The molecule has 1 heterocycles. The van der Waals surface area contributed by atoms with Crippen molar-refractivity contribution in [3.05, 3.63) is 47.5 Å². The van der Waals surface area contributed by atoms with Crippen molar-refractivity contribution in [2.45, 2.75) is 25.6 Å². The number of benzene rings is 2. The number of carbonyl (C=O) groups is 1. The van der Waals surface area contributed by atoms with Crippen LogP contribution in [-0.4, -0.2) is 23.6 Å². The van der Waals surface area contributed by atoms with Crippen LogP contribution in [0.4, 0.5) is 13.2 Å². The third kappa shape index (κ3) is 2.66. The van der Waals surface area contributed by atoms with Gasteiger partial charge in [-0.3, -0.25) is 10.2 Å². The summed E-state index contributed by atoms with van der Waals surface area (Å²) in [5.41, 5.74) is 3.25. The van der Waals surface area contributed by atoms with Crippen LogP contribution in [0.5, 0.6) is 0 Å². The molecule has 0 bridgehead atoms. The number of carbonyl (C=O) groups excluding carboxylic acids is 1. The van der Waals surface area contributed by atoms with Gasteiger partial charge in [-0.1, -0.05) is 42.0 Å². The molecule has 0 spiro atoms. The van der Waals surface area contributed by atoms with Gasteiger partial charge >= 0.3 is 6.18 Å². The van der Waals surface area contributed by atoms with Crippen molar-refractivity contribution in [2.24, 2.45) is 0 Å². The zero-order chi connectivity index (χ0) is 15.9. The molecule has 1 atom stereocenters. The average molecular weight is 308 g/mol. The highest BCUT2D eigenvalue weighted by Crippen LogP contribution is 2.41. The minimum atomic E-state index is -4.48. The lowest BCUT2D eigenvalue weighted by atomic mass is 9.95. The molecule has 1 saturated heterocycles. The Balaban J connectivity index is 2.18. The van der Waals surface area contributed by atoms with Crippen LogP contribution < -0.4 is 5.43 Å². The summed E-state index contributed by atoms with van der Waals surface area (Å²) >= 11 is 0. The van der Waals surface area contributed by atoms with Gasteiger partial charge in [0.05, 0.1) is 0 Å². The maximum Gasteiger partial charge on any atom is 0.409 e. The third-order valence-corrected chi connectivity index (χ3v) is 3.80. The normalized spacial score (nSPS) is 17.7. The zero-order valence-electron chi connectivity index (χ0n) is 11.9. The summed E-state index contributed by atoms with van der Waals surface area (Å²) in [6, 6.07) is 8.55. The van der Waals surface area contributed by atoms with Crippen LogP contribution in [0.25, 0.3) is 10.8 Å². The molecule has 2 aromatic carbocycles. The first-order valence-corrected chi connectivity index (χ1v) is 6.98. The second kappa shape index (κ2) is 5.28. The van der Waals surface area contributed by atoms with E-state index in [9.17, 15) is 18.0 Å². The number of amides is 1. The van der Waals surface area contributed by atoms with E-state index in [0.29, 0.717) is 5.39 Å². The number of aryl methyl sites for hydroxylation is 1. The summed E-state index contributed by atoms with van der Waals surface area (Å²) < 4.78 is 41.0. The fourth-order valence-electron chi connectivity index (χ4n) is 2.93. The Morgan fingerprint density at radius 3 is 2.59 bits per heavy atom. The molecule has 0 radical (unpaired) electrons. The molecule has 1 aliphatic heterocycles. The van der Waals surface area contributed by atoms with E-state index in [1.807, 2.05) is 6.07 Å². The fourth-order valence-corrected chi connectivity index (χ4v) is 2.93. The van der Waals surface area contributed by atoms with Crippen LogP contribution in [0.1, 0.15) is 23.6 Å². The van der Waals surface area contributed by atoms with E-state index in [1.165, 1.54) is 0 Å². The molecule has 1 amide bonds. The number of halogens is 3. The monoisotopic (exact) mass is 308 g/mol. The van der Waals surface area contributed by atoms with Gasteiger partial charge in [-0.05, 0) is 23.3 Å². The number of nitrogens with one attached hydrogen (secondary N) is 1. The zero-order valence-corrected chi connectivity index (χ0v) is 11.9. The van der Waals surface area contributed by atoms with Crippen LogP contribution in [0.15, 0.2) is 36.4 Å². The Hall–Kier alpha value is -2.08. The number of rotatable bonds is 2. The number of hydrogen-bond donors (Lipinski definition) is 1. The summed E-state index contributed by atoms with van der Waals surface area (Å²) in [6.45, 7) is 1.82. The molecular formula is C16H15F3N2O. The largest absolute Gasteiger partial charge is 0.409 e. The molecule has 2 aromatic rings. The molecule has 3 rings (SSSR count). The van der Waals surface area contributed by atoms with E-state index in [2.05, 4.69) is 5.43 Å². The van der Waals surface area contributed by atoms with Crippen molar-refractivity contribution >= 4 is 16.7 Å². The molecular weight excluding hydrogens is 293 g/mol. The third-order valence-electron chi connectivity index (χ3n) is 3.80. The highest BCUT2D eigenvalue weighted by molar-refractivity contribution is 5.87. The number of alkyl halides is 3. The summed E-state index contributed by atoms with van der Waals surface area (Å²) in [7, 11) is 0. The maximum absolute atomic E-state index is 13.7. The predicted molar refractivity (Wildman–Crippen MR) is 76.9 cm³/mol. The lowest BCUT2D eigenvalue weighted by Crippen LogP contribution is -2.43. The van der Waals surface area contributed by atoms with Crippen molar-refractivity contribution in [1.82, 2.24) is 10.4 Å². The molecule has 1 N–H and O–H groups in total. The van der Waals surface area contributed by atoms with E-state index >= 15 is 0 Å². The number of nitrogens with zero attached hydrogens (tertiary/aromatic N) is 1. The minimum absolute atomic E-state index is 0.0469. The highest BCUT2D eigenvalue weighted by atomic mass is 19.4. The van der Waals surface area contributed by atoms with Gasteiger partial charge in [-0.2, -0.15) is 13.2 Å². The van der Waals surface area contributed by atoms with Crippen LogP contribution in [0.3, 0.4) is 0 Å². The van der Waals surface area contributed by atoms with Crippen LogP contribution in [0, 0.1) is 6.92 Å². The molecule has 1 unspecified atom stereocenters. The summed E-state index contributed by atoms with van der Waals surface area (Å²) in [6.07, 6.45) is -4.40. The van der Waals surface area contributed by atoms with Gasteiger partial charge in [0.15, 0.2) is 6.04 Å². The molecule has 116 valence electrons. The second-order valence-corrected chi connectivity index (χ2v) is 5.50. The van der Waals surface area contributed by atoms with Crippen LogP contribution >= 0.6 is 0 Å². The second-order valence-electron chi connectivity index (χ2n) is 5.50. The SMILES string of the molecule is Cc1cc(C(N2CCC(=O)N2)C(F)(F)F)c2ccccc2c1. The van der Waals surface area contributed by atoms with E-state index in [1.54, 1.807) is 37.3 Å². The standard InChI is InChI=1S/C16H15F3N2O/c1-10-8-11-4-2-3-5-12(11)13(9-10)15(16(17,18)19)21-7-6-14(22)20-21/h2-5,8-9,15H,6-7H2,1H3,(H,20,22). The van der Waals surface area contributed by atoms with Gasteiger partial charge in [0.25, 0.3) is 0 Å². The van der Waals surface area contributed by atoms with Crippen LogP contribution in [0.2, 0.25) is 0 Å². The quantitative estimate of drug-likeness (QED) is 0.921. The Labute approximate surface area is 125 Å². The van der Waals surface area contributed by atoms with Crippen molar-refractivity contribution < 1.29 is 18.0 Å². The average Bonchev–Trinajstić information content (AvgIpc) is 2.83. The van der Waals surface area contributed by atoms with E-state index in [-0.39, 0.29) is 24.4 Å². The number of fused-ring (bicyclic) bond motifs is 1. The summed E-state index contributed by atoms with van der Waals surface area (Å²) in [5, 5.41) is 2.30. The van der Waals surface area contributed by atoms with E-state index in [0.717, 1.165) is 16.0 Å². The Morgan fingerprint density at radius 2 is 1.95 bits per heavy atom. The van der Waals surface area contributed by atoms with Crippen LogP contribution in [-0.2, 0) is 4.79 Å². The first-order valence-electron chi connectivity index (χ1n) is 6.98. The van der Waals surface area contributed by atoms with Crippen molar-refractivity contribution in [3.8, 4) is 0 Å². The van der Waals surface area contributed by atoms with E-state index in [4.69, 9.17) is 0 Å². The fraction of sp³-hybridized carbons (Fsp3) is 0.312. The smallest absolute Gasteiger partial charge is 0.288 e. The van der Waals surface area contributed by atoms with Gasteiger partial charge in [0.1, 0.15) is 0 Å². The molecule has 0 aromatic heterocycles. The minimum Gasteiger partial charge on any atom is -0.288 e. The predicted octanol–water partition coefficient (Wildman–Crippen LogP) is 3.49. The molecule has 1 aliphatic rings. The van der Waals surface area contributed by atoms with Gasteiger partial charge in [0, 0.05) is 13.0 Å². The summed E-state index contributed by atoms with van der Waals surface area (Å²) in [5.74, 6) is -0.383. The lowest BCUT2D eigenvalue weighted by Gasteiger charge is -2.30. The molecule has 0 saturated carbocycles. The van der Waals surface area contributed by atoms with Crippen molar-refractivity contribution in [3.63, 3.8) is 0 Å². The maximum atomic E-state index is 13.7.